The molecule has 2 aromatic carbocycles. The summed E-state index contributed by atoms with van der Waals surface area (Å²) < 4.78 is 18.6. The third-order valence-electron chi connectivity index (χ3n) is 16.0. The highest BCUT2D eigenvalue weighted by atomic mass is 16.6. The van der Waals surface area contributed by atoms with Crippen molar-refractivity contribution in [2.45, 2.75) is 125 Å². The lowest BCUT2D eigenvalue weighted by molar-refractivity contribution is -0.137. The zero-order valence-corrected chi connectivity index (χ0v) is 28.3. The number of ether oxygens (including phenoxy) is 3. The van der Waals surface area contributed by atoms with E-state index in [2.05, 4.69) is 76.7 Å². The molecule has 8 aliphatic heterocycles. The number of nitrogens with zero attached hydrogens (tertiary/aromatic N) is 2. The fourth-order valence-corrected chi connectivity index (χ4v) is 14.2. The Bertz CT molecular complexity index is 1860. The van der Waals surface area contributed by atoms with Crippen LogP contribution in [0.25, 0.3) is 0 Å². The van der Waals surface area contributed by atoms with Gasteiger partial charge < -0.3 is 24.8 Å². The van der Waals surface area contributed by atoms with Crippen LogP contribution in [0.3, 0.4) is 0 Å². The third kappa shape index (κ3) is 2.91. The van der Waals surface area contributed by atoms with Gasteiger partial charge in [0.2, 0.25) is 0 Å². The first-order valence-electron chi connectivity index (χ1n) is 18.9. The summed E-state index contributed by atoms with van der Waals surface area (Å²) in [6, 6.07) is 17.2. The van der Waals surface area contributed by atoms with Crippen LogP contribution in [-0.4, -0.2) is 78.1 Å². The van der Waals surface area contributed by atoms with E-state index >= 15 is 0 Å². The molecule has 12 rings (SSSR count). The molecule has 12 atom stereocenters. The van der Waals surface area contributed by atoms with Gasteiger partial charge in [0.05, 0.1) is 35.8 Å². The van der Waals surface area contributed by atoms with Gasteiger partial charge in [-0.05, 0) is 85.6 Å². The first-order chi connectivity index (χ1) is 23.4. The lowest BCUT2D eigenvalue weighted by Gasteiger charge is -2.56. The number of nitrogens with one attached hydrogen (secondary N) is 2. The SMILES string of the molecule is CC[C@@]12CC[C@@]34Nc5ccc([C@@H]6[C@H]7O[C@H]7[C@@]7(CC)CC(C(=O)OC)=C8Nc9ccccc9[C@@]89CCN6[C@@H]79)cc5[C@@H]3CCN([C@H]3O[C@H]3C1)[C@@H]24. The number of methoxy groups -OCH3 is 1. The van der Waals surface area contributed by atoms with E-state index in [-0.39, 0.29) is 46.6 Å². The molecule has 8 heteroatoms. The largest absolute Gasteiger partial charge is 0.466 e. The van der Waals surface area contributed by atoms with E-state index in [4.69, 9.17) is 14.2 Å². The Morgan fingerprint density at radius 1 is 1.00 bits per heavy atom. The van der Waals surface area contributed by atoms with Crippen LogP contribution in [0.2, 0.25) is 0 Å². The van der Waals surface area contributed by atoms with Gasteiger partial charge in [-0.2, -0.15) is 0 Å². The molecule has 0 unspecified atom stereocenters. The Morgan fingerprint density at radius 2 is 1.90 bits per heavy atom. The van der Waals surface area contributed by atoms with Crippen molar-refractivity contribution in [1.82, 2.24) is 9.80 Å². The summed E-state index contributed by atoms with van der Waals surface area (Å²) >= 11 is 0. The topological polar surface area (TPSA) is 81.9 Å². The molecule has 0 amide bonds. The molecule has 6 saturated heterocycles. The van der Waals surface area contributed by atoms with Crippen molar-refractivity contribution in [3.8, 4) is 0 Å². The van der Waals surface area contributed by atoms with Gasteiger partial charge in [0.25, 0.3) is 0 Å². The predicted molar refractivity (Wildman–Crippen MR) is 181 cm³/mol. The number of rotatable bonds is 4. The second-order valence-electron chi connectivity index (χ2n) is 17.1. The molecular weight excluding hydrogens is 600 g/mol. The van der Waals surface area contributed by atoms with Gasteiger partial charge in [0.15, 0.2) is 0 Å². The minimum absolute atomic E-state index is 0.110. The molecule has 2 aliphatic carbocycles. The lowest BCUT2D eigenvalue weighted by atomic mass is 9.53. The van der Waals surface area contributed by atoms with E-state index in [1.54, 1.807) is 5.56 Å². The molecule has 7 fully saturated rings. The number of hydrogen-bond acceptors (Lipinski definition) is 8. The van der Waals surface area contributed by atoms with Gasteiger partial charge in [-0.15, -0.1) is 0 Å². The number of hydrogen-bond donors (Lipinski definition) is 2. The Morgan fingerprint density at radius 3 is 2.75 bits per heavy atom. The van der Waals surface area contributed by atoms with Crippen LogP contribution in [-0.2, 0) is 24.4 Å². The number of epoxide rings is 2. The van der Waals surface area contributed by atoms with Crippen molar-refractivity contribution in [2.75, 3.05) is 30.8 Å². The fourth-order valence-electron chi connectivity index (χ4n) is 14.2. The van der Waals surface area contributed by atoms with Gasteiger partial charge in [0.1, 0.15) is 18.4 Å². The molecule has 2 N–H and O–H groups in total. The zero-order valence-electron chi connectivity index (χ0n) is 28.3. The summed E-state index contributed by atoms with van der Waals surface area (Å²) in [7, 11) is 1.53. The van der Waals surface area contributed by atoms with Crippen LogP contribution in [0.1, 0.15) is 93.9 Å². The summed E-state index contributed by atoms with van der Waals surface area (Å²) in [5.74, 6) is 0.342. The van der Waals surface area contributed by atoms with Crippen molar-refractivity contribution < 1.29 is 19.0 Å². The van der Waals surface area contributed by atoms with E-state index in [0.29, 0.717) is 36.1 Å². The van der Waals surface area contributed by atoms with Crippen molar-refractivity contribution in [1.29, 1.82) is 0 Å². The molecule has 2 spiro atoms. The summed E-state index contributed by atoms with van der Waals surface area (Å²) in [4.78, 5) is 19.1. The van der Waals surface area contributed by atoms with Gasteiger partial charge in [-0.25, -0.2) is 4.79 Å². The molecule has 48 heavy (non-hydrogen) atoms. The van der Waals surface area contributed by atoms with Crippen molar-refractivity contribution in [3.05, 3.63) is 70.4 Å². The van der Waals surface area contributed by atoms with E-state index < -0.39 is 0 Å². The van der Waals surface area contributed by atoms with Crippen LogP contribution in [0.15, 0.2) is 53.7 Å². The van der Waals surface area contributed by atoms with Gasteiger partial charge >= 0.3 is 5.97 Å². The van der Waals surface area contributed by atoms with E-state index in [0.717, 1.165) is 42.9 Å². The number of esters is 1. The number of carbonyl (C=O) groups excluding carboxylic acids is 1. The van der Waals surface area contributed by atoms with Crippen molar-refractivity contribution in [3.63, 3.8) is 0 Å². The quantitative estimate of drug-likeness (QED) is 0.318. The molecule has 8 nitrogen and oxygen atoms in total. The number of piperidine rings is 3. The fraction of sp³-hybridized carbons (Fsp3) is 0.625. The Labute approximate surface area is 282 Å². The standard InChI is InChI=1S/C40H46N4O4/c1-4-37-13-14-40-24(12-16-44(35(37)40)33-28(20-37)47-33)22-18-21(10-11-26(22)42-40)29-30-32(48-30)38(5-2)19-23(34(45)46-3)31-39(15-17-43(29)36(38)39)25-8-6-7-9-27(25)41-31/h6-11,18,24,28-30,32-33,35-36,41-42H,4-5,12-17,19-20H2,1-3H3/t24-,28-,29+,30+,32+,33-,35-,36-,37+,38+,39-,40+/m0/s1. The van der Waals surface area contributed by atoms with Crippen LogP contribution in [0.5, 0.6) is 0 Å². The maximum absolute atomic E-state index is 13.5. The highest BCUT2D eigenvalue weighted by Crippen LogP contribution is 2.72. The van der Waals surface area contributed by atoms with E-state index in [1.165, 1.54) is 56.0 Å². The van der Waals surface area contributed by atoms with Crippen LogP contribution >= 0.6 is 0 Å². The smallest absolute Gasteiger partial charge is 0.335 e. The maximum Gasteiger partial charge on any atom is 0.335 e. The predicted octanol–water partition coefficient (Wildman–Crippen LogP) is 5.81. The molecule has 1 saturated carbocycles. The minimum Gasteiger partial charge on any atom is -0.466 e. The monoisotopic (exact) mass is 646 g/mol. The Balaban J connectivity index is 0.968. The minimum atomic E-state index is -0.268. The summed E-state index contributed by atoms with van der Waals surface area (Å²) in [6.45, 7) is 6.87. The molecule has 2 aromatic rings. The average Bonchev–Trinajstić information content (AvgIpc) is 3.94. The Hall–Kier alpha value is -2.91. The normalized spacial score (nSPS) is 47.7. The number of anilines is 2. The van der Waals surface area contributed by atoms with Gasteiger partial charge in [-0.3, -0.25) is 9.80 Å². The molecule has 250 valence electrons. The van der Waals surface area contributed by atoms with Crippen molar-refractivity contribution >= 4 is 17.3 Å². The number of fused-ring (bicyclic) bond motifs is 7. The molecule has 0 bridgehead atoms. The molecule has 0 radical (unpaired) electrons. The Kier molecular flexibility index (Phi) is 5.04. The number of para-hydroxylation sites is 1. The van der Waals surface area contributed by atoms with Crippen LogP contribution in [0, 0.1) is 10.8 Å². The lowest BCUT2D eigenvalue weighted by Crippen LogP contribution is -2.66. The van der Waals surface area contributed by atoms with Crippen molar-refractivity contribution in [2.24, 2.45) is 10.8 Å². The van der Waals surface area contributed by atoms with Gasteiger partial charge in [-0.1, -0.05) is 44.2 Å². The first kappa shape index (κ1) is 27.9. The zero-order chi connectivity index (χ0) is 31.9. The number of benzene rings is 2. The second-order valence-corrected chi connectivity index (χ2v) is 17.1. The summed E-state index contributed by atoms with van der Waals surface area (Å²) in [6.07, 6.45) is 9.98. The maximum atomic E-state index is 13.5. The highest BCUT2D eigenvalue weighted by molar-refractivity contribution is 5.93. The van der Waals surface area contributed by atoms with Gasteiger partial charge in [0, 0.05) is 53.6 Å². The second kappa shape index (κ2) is 8.68. The first-order valence-corrected chi connectivity index (χ1v) is 18.9. The van der Waals surface area contributed by atoms with E-state index in [9.17, 15) is 4.79 Å². The third-order valence-corrected chi connectivity index (χ3v) is 16.0. The highest BCUT2D eigenvalue weighted by Gasteiger charge is 2.77. The summed E-state index contributed by atoms with van der Waals surface area (Å²) in [5, 5.41) is 8.03. The number of carbonyl (C=O) groups is 1. The van der Waals surface area contributed by atoms with Crippen LogP contribution in [0.4, 0.5) is 11.4 Å². The summed E-state index contributed by atoms with van der Waals surface area (Å²) in [5.41, 5.74) is 8.78. The van der Waals surface area contributed by atoms with Crippen LogP contribution < -0.4 is 10.6 Å². The molecule has 10 aliphatic rings. The molecule has 8 heterocycles. The average molecular weight is 647 g/mol. The molecule has 0 aromatic heterocycles. The molecular formula is C40H46N4O4. The van der Waals surface area contributed by atoms with E-state index in [1.807, 2.05) is 0 Å².